The molecular formula is C12H17N9O. The largest absolute Gasteiger partial charge is 0.448 e. The van der Waals surface area contributed by atoms with Crippen LogP contribution in [0.15, 0.2) is 0 Å². The first kappa shape index (κ1) is 13.4. The first-order valence-corrected chi connectivity index (χ1v) is 6.22. The topological polar surface area (TPSA) is 229 Å². The quantitative estimate of drug-likeness (QED) is 0.256. The van der Waals surface area contributed by atoms with Crippen LogP contribution in [0.2, 0.25) is 0 Å². The summed E-state index contributed by atoms with van der Waals surface area (Å²) in [6.07, 6.45) is 0. The molecule has 0 spiro atoms. The molecule has 2 aromatic rings. The van der Waals surface area contributed by atoms with Gasteiger partial charge in [-0.05, 0) is 0 Å². The molecule has 2 aromatic carbocycles. The average Bonchev–Trinajstić information content (AvgIpc) is 2.52. The highest BCUT2D eigenvalue weighted by Gasteiger charge is 2.30. The Balaban J connectivity index is 2.32. The van der Waals surface area contributed by atoms with Crippen LogP contribution in [0.25, 0.3) is 0 Å². The summed E-state index contributed by atoms with van der Waals surface area (Å²) in [5.74, 6) is 0.402. The molecule has 0 saturated heterocycles. The zero-order valence-corrected chi connectivity index (χ0v) is 11.5. The number of nitrogens with two attached hydrogens (primary N) is 8. The monoisotopic (exact) mass is 303 g/mol. The van der Waals surface area contributed by atoms with Gasteiger partial charge in [0.1, 0.15) is 22.7 Å². The highest BCUT2D eigenvalue weighted by Crippen LogP contribution is 2.57. The number of nitrogens with one attached hydrogen (secondary N) is 1. The number of nitrogen functional groups attached to an aromatic ring is 8. The summed E-state index contributed by atoms with van der Waals surface area (Å²) in [6, 6.07) is 0. The Kier molecular flexibility index (Phi) is 2.42. The molecule has 0 radical (unpaired) electrons. The van der Waals surface area contributed by atoms with Crippen molar-refractivity contribution in [2.45, 2.75) is 0 Å². The molecule has 116 valence electrons. The maximum absolute atomic E-state index is 5.96. The Morgan fingerprint density at radius 2 is 0.773 bits per heavy atom. The Labute approximate surface area is 125 Å². The Morgan fingerprint density at radius 3 is 1.14 bits per heavy atom. The van der Waals surface area contributed by atoms with E-state index in [0.29, 0.717) is 11.4 Å². The Bertz CT molecular complexity index is 695. The number of anilines is 10. The number of fused-ring (bicyclic) bond motifs is 2. The van der Waals surface area contributed by atoms with Crippen molar-refractivity contribution in [1.82, 2.24) is 0 Å². The molecule has 0 unspecified atom stereocenters. The van der Waals surface area contributed by atoms with E-state index in [4.69, 9.17) is 50.6 Å². The van der Waals surface area contributed by atoms with Gasteiger partial charge in [0.25, 0.3) is 0 Å². The molecule has 1 aliphatic rings. The minimum absolute atomic E-state index is 0.122. The van der Waals surface area contributed by atoms with E-state index in [-0.39, 0.29) is 57.0 Å². The number of benzene rings is 2. The molecule has 0 fully saturated rings. The summed E-state index contributed by atoms with van der Waals surface area (Å²) in [5, 5.41) is 2.99. The van der Waals surface area contributed by atoms with Gasteiger partial charge in [-0.3, -0.25) is 0 Å². The van der Waals surface area contributed by atoms with Crippen LogP contribution in [0.1, 0.15) is 0 Å². The number of ether oxygens (including phenoxy) is 1. The zero-order valence-electron chi connectivity index (χ0n) is 11.5. The fourth-order valence-corrected chi connectivity index (χ4v) is 2.30. The molecule has 22 heavy (non-hydrogen) atoms. The van der Waals surface area contributed by atoms with Crippen LogP contribution in [0.5, 0.6) is 11.5 Å². The molecule has 0 atom stereocenters. The lowest BCUT2D eigenvalue weighted by Gasteiger charge is -2.29. The van der Waals surface area contributed by atoms with Crippen LogP contribution in [0.4, 0.5) is 56.9 Å². The Hall–Kier alpha value is -3.56. The fourth-order valence-electron chi connectivity index (χ4n) is 2.30. The molecule has 1 heterocycles. The first-order valence-electron chi connectivity index (χ1n) is 6.22. The van der Waals surface area contributed by atoms with Crippen molar-refractivity contribution >= 4 is 56.9 Å². The summed E-state index contributed by atoms with van der Waals surface area (Å²) in [4.78, 5) is 0. The molecule has 0 saturated carbocycles. The van der Waals surface area contributed by atoms with Gasteiger partial charge < -0.3 is 55.9 Å². The summed E-state index contributed by atoms with van der Waals surface area (Å²) in [6.45, 7) is 0. The first-order chi connectivity index (χ1) is 10.3. The van der Waals surface area contributed by atoms with Gasteiger partial charge in [-0.2, -0.15) is 0 Å². The van der Waals surface area contributed by atoms with Gasteiger partial charge in [-0.25, -0.2) is 0 Å². The SMILES string of the molecule is Nc1c(N)c(N)c2c(c1N)Nc1c(N)c(N)c(N)c(N)c1O2. The number of rotatable bonds is 0. The van der Waals surface area contributed by atoms with Gasteiger partial charge in [0, 0.05) is 0 Å². The predicted molar refractivity (Wildman–Crippen MR) is 91.5 cm³/mol. The van der Waals surface area contributed by atoms with Crippen LogP contribution in [-0.4, -0.2) is 0 Å². The van der Waals surface area contributed by atoms with E-state index in [2.05, 4.69) is 5.32 Å². The van der Waals surface area contributed by atoms with E-state index >= 15 is 0 Å². The van der Waals surface area contributed by atoms with E-state index in [1.165, 1.54) is 0 Å². The second-order valence-corrected chi connectivity index (χ2v) is 4.94. The van der Waals surface area contributed by atoms with Crippen molar-refractivity contribution in [2.75, 3.05) is 51.2 Å². The third-order valence-corrected chi connectivity index (χ3v) is 3.68. The summed E-state index contributed by atoms with van der Waals surface area (Å²) in [5.41, 5.74) is 48.9. The van der Waals surface area contributed by atoms with Gasteiger partial charge in [-0.1, -0.05) is 0 Å². The molecule has 0 aliphatic carbocycles. The summed E-state index contributed by atoms with van der Waals surface area (Å²) >= 11 is 0. The minimum Gasteiger partial charge on any atom is -0.448 e. The third kappa shape index (κ3) is 1.43. The second kappa shape index (κ2) is 3.97. The molecule has 0 bridgehead atoms. The summed E-state index contributed by atoms with van der Waals surface area (Å²) in [7, 11) is 0. The maximum atomic E-state index is 5.96. The van der Waals surface area contributed by atoms with Crippen LogP contribution in [0.3, 0.4) is 0 Å². The zero-order chi connectivity index (χ0) is 16.3. The van der Waals surface area contributed by atoms with E-state index in [1.54, 1.807) is 0 Å². The van der Waals surface area contributed by atoms with Crippen molar-refractivity contribution in [2.24, 2.45) is 0 Å². The molecule has 10 heteroatoms. The van der Waals surface area contributed by atoms with Gasteiger partial charge in [0.2, 0.25) is 0 Å². The average molecular weight is 303 g/mol. The molecule has 17 N–H and O–H groups in total. The molecule has 3 rings (SSSR count). The molecule has 0 aromatic heterocycles. The smallest absolute Gasteiger partial charge is 0.178 e. The molecule has 1 aliphatic heterocycles. The fraction of sp³-hybridized carbons (Fsp3) is 0. The van der Waals surface area contributed by atoms with E-state index in [9.17, 15) is 0 Å². The second-order valence-electron chi connectivity index (χ2n) is 4.94. The Morgan fingerprint density at radius 1 is 0.455 bits per heavy atom. The molecular weight excluding hydrogens is 286 g/mol. The van der Waals surface area contributed by atoms with Gasteiger partial charge >= 0.3 is 0 Å². The third-order valence-electron chi connectivity index (χ3n) is 3.68. The molecule has 0 amide bonds. The van der Waals surface area contributed by atoms with Gasteiger partial charge in [0.15, 0.2) is 11.5 Å². The normalized spacial score (nSPS) is 12.0. The van der Waals surface area contributed by atoms with E-state index in [1.807, 2.05) is 0 Å². The lowest BCUT2D eigenvalue weighted by Crippen LogP contribution is -2.16. The highest BCUT2D eigenvalue weighted by atomic mass is 16.5. The van der Waals surface area contributed by atoms with E-state index < -0.39 is 0 Å². The van der Waals surface area contributed by atoms with Crippen LogP contribution in [-0.2, 0) is 0 Å². The summed E-state index contributed by atoms with van der Waals surface area (Å²) < 4.78 is 5.73. The van der Waals surface area contributed by atoms with Crippen molar-refractivity contribution < 1.29 is 4.74 Å². The van der Waals surface area contributed by atoms with Crippen molar-refractivity contribution in [3.8, 4) is 11.5 Å². The van der Waals surface area contributed by atoms with Gasteiger partial charge in [-0.15, -0.1) is 0 Å². The lowest BCUT2D eigenvalue weighted by molar-refractivity contribution is 0.487. The van der Waals surface area contributed by atoms with Crippen molar-refractivity contribution in [3.05, 3.63) is 0 Å². The number of hydrogen-bond acceptors (Lipinski definition) is 10. The van der Waals surface area contributed by atoms with Gasteiger partial charge in [0.05, 0.1) is 34.1 Å². The van der Waals surface area contributed by atoms with Crippen LogP contribution < -0.4 is 55.9 Å². The van der Waals surface area contributed by atoms with Crippen molar-refractivity contribution in [1.29, 1.82) is 0 Å². The van der Waals surface area contributed by atoms with Crippen molar-refractivity contribution in [3.63, 3.8) is 0 Å². The molecule has 10 nitrogen and oxygen atoms in total. The standard InChI is InChI=1S/C12H17N9O/c13-1-3(15)7(19)11-9(5(1)17)21-10-6(18)2(14)4(16)8(20)12(10)22-11/h21H,13-20H2. The van der Waals surface area contributed by atoms with Crippen LogP contribution >= 0.6 is 0 Å². The number of hydrogen-bond donors (Lipinski definition) is 9. The van der Waals surface area contributed by atoms with E-state index in [0.717, 1.165) is 0 Å². The highest BCUT2D eigenvalue weighted by molar-refractivity contribution is 6.08. The lowest BCUT2D eigenvalue weighted by atomic mass is 10.1. The van der Waals surface area contributed by atoms with Crippen LogP contribution in [0, 0.1) is 0 Å². The maximum Gasteiger partial charge on any atom is 0.178 e. The minimum atomic E-state index is 0.122. The predicted octanol–water partition coefficient (Wildman–Crippen LogP) is 0.193.